The number of nitrogens with one attached hydrogen (secondary N) is 1. The van der Waals surface area contributed by atoms with E-state index < -0.39 is 0 Å². The fraction of sp³-hybridized carbons (Fsp3) is 0.850. The van der Waals surface area contributed by atoms with E-state index in [4.69, 9.17) is 4.98 Å². The van der Waals surface area contributed by atoms with Crippen LogP contribution >= 0.6 is 0 Å². The van der Waals surface area contributed by atoms with Crippen LogP contribution in [-0.4, -0.2) is 9.97 Å². The van der Waals surface area contributed by atoms with Gasteiger partial charge in [-0.2, -0.15) is 0 Å². The Bertz CT molecular complexity index is 472. The number of aromatic amines is 1. The first-order valence-electron chi connectivity index (χ1n) is 9.07. The largest absolute Gasteiger partial charge is 0.345 e. The first-order valence-corrected chi connectivity index (χ1v) is 9.07. The van der Waals surface area contributed by atoms with Gasteiger partial charge in [-0.15, -0.1) is 0 Å². The Kier molecular flexibility index (Phi) is 5.92. The Hall–Kier alpha value is -0.790. The lowest BCUT2D eigenvalue weighted by Crippen LogP contribution is -2.23. The predicted molar refractivity (Wildman–Crippen MR) is 97.8 cm³/mol. The molecule has 2 heteroatoms. The molecule has 128 valence electrons. The molecule has 0 saturated carbocycles. The fourth-order valence-electron chi connectivity index (χ4n) is 2.84. The Morgan fingerprint density at radius 3 is 1.91 bits per heavy atom. The van der Waals surface area contributed by atoms with Gasteiger partial charge in [0.1, 0.15) is 5.82 Å². The van der Waals surface area contributed by atoms with Crippen molar-refractivity contribution in [3.63, 3.8) is 0 Å². The van der Waals surface area contributed by atoms with E-state index in [1.165, 1.54) is 42.9 Å². The SMILES string of the molecule is CCCCCC(C)(C)c1nc(C(C)(C)C)c(C(C)(C)CC)[nH]1. The molecule has 0 aromatic carbocycles. The van der Waals surface area contributed by atoms with E-state index >= 15 is 0 Å². The van der Waals surface area contributed by atoms with Crippen LogP contribution < -0.4 is 0 Å². The molecule has 1 aromatic rings. The first kappa shape index (κ1) is 19.3. The van der Waals surface area contributed by atoms with E-state index in [0.717, 1.165) is 6.42 Å². The van der Waals surface area contributed by atoms with Gasteiger partial charge in [0.2, 0.25) is 0 Å². The molecule has 0 saturated heterocycles. The topological polar surface area (TPSA) is 28.7 Å². The number of rotatable bonds is 7. The highest BCUT2D eigenvalue weighted by molar-refractivity contribution is 5.30. The molecule has 0 aliphatic carbocycles. The Balaban J connectivity index is 3.24. The van der Waals surface area contributed by atoms with Crippen LogP contribution in [0.3, 0.4) is 0 Å². The molecule has 1 heterocycles. The molecule has 0 bridgehead atoms. The zero-order chi connectivity index (χ0) is 17.2. The summed E-state index contributed by atoms with van der Waals surface area (Å²) in [5.74, 6) is 1.17. The van der Waals surface area contributed by atoms with Crippen LogP contribution in [0.1, 0.15) is 112 Å². The molecule has 0 fully saturated rings. The number of hydrogen-bond donors (Lipinski definition) is 1. The van der Waals surface area contributed by atoms with E-state index in [1.807, 2.05) is 0 Å². The van der Waals surface area contributed by atoms with Gasteiger partial charge in [-0.05, 0) is 12.8 Å². The summed E-state index contributed by atoms with van der Waals surface area (Å²) < 4.78 is 0. The minimum atomic E-state index is 0.0794. The van der Waals surface area contributed by atoms with E-state index in [2.05, 4.69) is 67.3 Å². The second kappa shape index (κ2) is 6.76. The Labute approximate surface area is 138 Å². The molecule has 0 spiro atoms. The summed E-state index contributed by atoms with van der Waals surface area (Å²) in [7, 11) is 0. The first-order chi connectivity index (χ1) is 9.95. The van der Waals surface area contributed by atoms with Crippen LogP contribution in [0.15, 0.2) is 0 Å². The number of hydrogen-bond acceptors (Lipinski definition) is 1. The van der Waals surface area contributed by atoms with Gasteiger partial charge in [0.05, 0.1) is 5.69 Å². The molecular weight excluding hydrogens is 268 g/mol. The summed E-state index contributed by atoms with van der Waals surface area (Å²) in [6.45, 7) is 20.6. The van der Waals surface area contributed by atoms with Gasteiger partial charge < -0.3 is 4.98 Å². The van der Waals surface area contributed by atoms with Gasteiger partial charge in [-0.1, -0.05) is 81.6 Å². The monoisotopic (exact) mass is 306 g/mol. The van der Waals surface area contributed by atoms with Crippen LogP contribution in [0.4, 0.5) is 0 Å². The summed E-state index contributed by atoms with van der Waals surface area (Å²) in [4.78, 5) is 8.83. The number of imidazole rings is 1. The van der Waals surface area contributed by atoms with Crippen molar-refractivity contribution in [3.05, 3.63) is 17.2 Å². The molecule has 1 rings (SSSR count). The zero-order valence-electron chi connectivity index (χ0n) is 16.5. The highest BCUT2D eigenvalue weighted by Crippen LogP contribution is 2.37. The van der Waals surface area contributed by atoms with Crippen molar-refractivity contribution >= 4 is 0 Å². The average Bonchev–Trinajstić information content (AvgIpc) is 2.85. The third-order valence-corrected chi connectivity index (χ3v) is 5.02. The van der Waals surface area contributed by atoms with Gasteiger partial charge in [0.15, 0.2) is 0 Å². The lowest BCUT2D eigenvalue weighted by molar-refractivity contribution is 0.424. The van der Waals surface area contributed by atoms with Gasteiger partial charge >= 0.3 is 0 Å². The third kappa shape index (κ3) is 4.36. The molecule has 0 aliphatic rings. The molecule has 0 unspecified atom stereocenters. The smallest absolute Gasteiger partial charge is 0.112 e. The number of unbranched alkanes of at least 4 members (excludes halogenated alkanes) is 2. The number of H-pyrrole nitrogens is 1. The van der Waals surface area contributed by atoms with Gasteiger partial charge in [-0.3, -0.25) is 0 Å². The maximum Gasteiger partial charge on any atom is 0.112 e. The molecule has 0 atom stereocenters. The van der Waals surface area contributed by atoms with Crippen LogP contribution in [0.25, 0.3) is 0 Å². The molecule has 0 aliphatic heterocycles. The Morgan fingerprint density at radius 2 is 1.45 bits per heavy atom. The van der Waals surface area contributed by atoms with Crippen LogP contribution in [-0.2, 0) is 16.2 Å². The van der Waals surface area contributed by atoms with Gasteiger partial charge in [-0.25, -0.2) is 4.98 Å². The molecule has 22 heavy (non-hydrogen) atoms. The van der Waals surface area contributed by atoms with E-state index in [0.29, 0.717) is 0 Å². The third-order valence-electron chi connectivity index (χ3n) is 5.02. The van der Waals surface area contributed by atoms with Crippen molar-refractivity contribution in [1.82, 2.24) is 9.97 Å². The van der Waals surface area contributed by atoms with Crippen LogP contribution in [0, 0.1) is 0 Å². The summed E-state index contributed by atoms with van der Waals surface area (Å²) >= 11 is 0. The normalized spacial score (nSPS) is 13.7. The van der Waals surface area contributed by atoms with E-state index in [9.17, 15) is 0 Å². The van der Waals surface area contributed by atoms with Gasteiger partial charge in [0, 0.05) is 21.9 Å². The highest BCUT2D eigenvalue weighted by atomic mass is 15.0. The lowest BCUT2D eigenvalue weighted by Gasteiger charge is -2.27. The van der Waals surface area contributed by atoms with Crippen molar-refractivity contribution in [1.29, 1.82) is 0 Å². The molecular formula is C20H38N2. The molecule has 1 N–H and O–H groups in total. The van der Waals surface area contributed by atoms with Crippen molar-refractivity contribution in [2.75, 3.05) is 0 Å². The van der Waals surface area contributed by atoms with Crippen molar-refractivity contribution in [3.8, 4) is 0 Å². The quantitative estimate of drug-likeness (QED) is 0.592. The molecule has 0 amide bonds. The van der Waals surface area contributed by atoms with Crippen molar-refractivity contribution < 1.29 is 0 Å². The van der Waals surface area contributed by atoms with Crippen LogP contribution in [0.5, 0.6) is 0 Å². The summed E-state index contributed by atoms with van der Waals surface area (Å²) in [6, 6.07) is 0. The van der Waals surface area contributed by atoms with Crippen LogP contribution in [0.2, 0.25) is 0 Å². The van der Waals surface area contributed by atoms with E-state index in [-0.39, 0.29) is 16.2 Å². The van der Waals surface area contributed by atoms with Gasteiger partial charge in [0.25, 0.3) is 0 Å². The summed E-state index contributed by atoms with van der Waals surface area (Å²) in [5, 5.41) is 0. The maximum absolute atomic E-state index is 5.09. The minimum Gasteiger partial charge on any atom is -0.345 e. The number of aromatic nitrogens is 2. The zero-order valence-corrected chi connectivity index (χ0v) is 16.5. The summed E-state index contributed by atoms with van der Waals surface area (Å²) in [6.07, 6.45) is 6.18. The second-order valence-corrected chi connectivity index (χ2v) is 9.14. The average molecular weight is 307 g/mol. The second-order valence-electron chi connectivity index (χ2n) is 9.14. The van der Waals surface area contributed by atoms with E-state index in [1.54, 1.807) is 0 Å². The highest BCUT2D eigenvalue weighted by Gasteiger charge is 2.34. The Morgan fingerprint density at radius 1 is 0.864 bits per heavy atom. The predicted octanol–water partition coefficient (Wildman–Crippen LogP) is 6.25. The van der Waals surface area contributed by atoms with Crippen molar-refractivity contribution in [2.45, 2.75) is 111 Å². The summed E-state index contributed by atoms with van der Waals surface area (Å²) in [5.41, 5.74) is 2.93. The molecule has 2 nitrogen and oxygen atoms in total. The standard InChI is InChI=1S/C20H38N2/c1-10-12-13-14-20(8,9)17-21-15(18(3,4)5)16(22-17)19(6,7)11-2/h10-14H2,1-9H3,(H,21,22). The fourth-order valence-corrected chi connectivity index (χ4v) is 2.84. The molecule has 0 radical (unpaired) electrons. The molecule has 1 aromatic heterocycles. The van der Waals surface area contributed by atoms with Crippen molar-refractivity contribution in [2.24, 2.45) is 0 Å². The lowest BCUT2D eigenvalue weighted by atomic mass is 9.79. The number of nitrogens with zero attached hydrogens (tertiary/aromatic N) is 1. The minimum absolute atomic E-state index is 0.0794. The maximum atomic E-state index is 5.09.